The molecule has 2 aromatic rings. The van der Waals surface area contributed by atoms with Gasteiger partial charge in [-0.05, 0) is 36.1 Å². The summed E-state index contributed by atoms with van der Waals surface area (Å²) in [6, 6.07) is 11.9. The van der Waals surface area contributed by atoms with E-state index in [4.69, 9.17) is 0 Å². The normalized spacial score (nSPS) is 18.9. The van der Waals surface area contributed by atoms with Gasteiger partial charge < -0.3 is 10.1 Å². The maximum atomic E-state index is 13.1. The highest BCUT2D eigenvalue weighted by molar-refractivity contribution is 6.01. The van der Waals surface area contributed by atoms with E-state index in [0.29, 0.717) is 24.4 Å². The predicted octanol–water partition coefficient (Wildman–Crippen LogP) is 3.15. The van der Waals surface area contributed by atoms with Gasteiger partial charge in [-0.3, -0.25) is 9.59 Å². The van der Waals surface area contributed by atoms with Crippen LogP contribution in [0.1, 0.15) is 54.4 Å². The van der Waals surface area contributed by atoms with Crippen molar-refractivity contribution in [3.8, 4) is 0 Å². The summed E-state index contributed by atoms with van der Waals surface area (Å²) < 4.78 is 0.829. The molecule has 1 fully saturated rings. The van der Waals surface area contributed by atoms with Gasteiger partial charge in [-0.1, -0.05) is 56.4 Å². The molecule has 2 heterocycles. The van der Waals surface area contributed by atoms with Crippen molar-refractivity contribution in [1.29, 1.82) is 0 Å². The fraction of sp³-hybridized carbons (Fsp3) is 0.409. The van der Waals surface area contributed by atoms with E-state index in [-0.39, 0.29) is 17.3 Å². The molecule has 2 aliphatic rings. The molecule has 1 N–H and O–H groups in total. The number of amides is 2. The van der Waals surface area contributed by atoms with Crippen molar-refractivity contribution in [2.75, 3.05) is 0 Å². The van der Waals surface area contributed by atoms with E-state index in [1.165, 1.54) is 25.5 Å². The Kier molecular flexibility index (Phi) is 5.28. The quantitative estimate of drug-likeness (QED) is 0.829. The van der Waals surface area contributed by atoms with Crippen LogP contribution in [-0.2, 0) is 11.3 Å². The summed E-state index contributed by atoms with van der Waals surface area (Å²) in [5.41, 5.74) is 1.79. The second-order valence-corrected chi connectivity index (χ2v) is 7.70. The van der Waals surface area contributed by atoms with Gasteiger partial charge in [-0.25, -0.2) is 0 Å². The molecule has 0 radical (unpaired) electrons. The van der Waals surface area contributed by atoms with Gasteiger partial charge in [0.2, 0.25) is 0 Å². The summed E-state index contributed by atoms with van der Waals surface area (Å²) in [5.74, 6) is -0.0583. The van der Waals surface area contributed by atoms with Gasteiger partial charge in [0, 0.05) is 18.3 Å². The lowest BCUT2D eigenvalue weighted by Crippen LogP contribution is -2.43. The summed E-state index contributed by atoms with van der Waals surface area (Å²) in [7, 11) is 0. The number of rotatable bonds is 4. The van der Waals surface area contributed by atoms with Gasteiger partial charge in [0.15, 0.2) is 5.49 Å². The van der Waals surface area contributed by atoms with E-state index >= 15 is 0 Å². The largest absolute Gasteiger partial charge is 0.427 e. The Morgan fingerprint density at radius 2 is 1.86 bits per heavy atom. The number of benzene rings is 1. The van der Waals surface area contributed by atoms with Crippen molar-refractivity contribution in [2.45, 2.75) is 51.1 Å². The molecule has 2 amide bonds. The van der Waals surface area contributed by atoms with E-state index in [0.717, 1.165) is 23.1 Å². The minimum absolute atomic E-state index is 0.107. The summed E-state index contributed by atoms with van der Waals surface area (Å²) in [5, 5.41) is 9.91. The summed E-state index contributed by atoms with van der Waals surface area (Å²) >= 11 is 0. The van der Waals surface area contributed by atoms with Crippen molar-refractivity contribution in [1.82, 2.24) is 9.63 Å². The molecule has 1 aromatic carbocycles. The number of hydrogen-bond acceptors (Lipinski definition) is 3. The fourth-order valence-corrected chi connectivity index (χ4v) is 4.33. The molecule has 4 rings (SSSR count). The standard InChI is InChI=1S/C22H25N3O3/c26-21(23-20-12-6-7-13-25(20)28)19(14-16-8-2-1-3-9-16)24-15-17-10-4-5-11-18(17)22(24)27/h4-7,10-13,16,19,28H,1-3,8-9,14-15H2. The molecule has 6 nitrogen and oxygen atoms in total. The molecule has 1 saturated carbocycles. The van der Waals surface area contributed by atoms with Crippen molar-refractivity contribution < 1.29 is 14.8 Å². The van der Waals surface area contributed by atoms with Gasteiger partial charge in [-0.15, -0.1) is 0 Å². The van der Waals surface area contributed by atoms with Crippen molar-refractivity contribution >= 4 is 11.8 Å². The van der Waals surface area contributed by atoms with Crippen LogP contribution in [0.4, 0.5) is 0 Å². The van der Waals surface area contributed by atoms with Crippen molar-refractivity contribution in [3.63, 3.8) is 0 Å². The number of fused-ring (bicyclic) bond motifs is 1. The van der Waals surface area contributed by atoms with Crippen LogP contribution in [0.2, 0.25) is 0 Å². The zero-order valence-electron chi connectivity index (χ0n) is 15.8. The minimum Gasteiger partial charge on any atom is -0.427 e. The van der Waals surface area contributed by atoms with Crippen LogP contribution in [0, 0.1) is 5.92 Å². The van der Waals surface area contributed by atoms with Gasteiger partial charge in [-0.2, -0.15) is 9.72 Å². The Morgan fingerprint density at radius 1 is 1.11 bits per heavy atom. The molecule has 1 unspecified atom stereocenters. The van der Waals surface area contributed by atoms with E-state index in [9.17, 15) is 14.8 Å². The molecule has 1 atom stereocenters. The van der Waals surface area contributed by atoms with Crippen LogP contribution in [0.15, 0.2) is 53.7 Å². The first kappa shape index (κ1) is 18.5. The molecule has 0 saturated heterocycles. The molecule has 28 heavy (non-hydrogen) atoms. The Balaban J connectivity index is 1.64. The number of nitrogens with zero attached hydrogens (tertiary/aromatic N) is 3. The predicted molar refractivity (Wildman–Crippen MR) is 103 cm³/mol. The molecule has 0 spiro atoms. The Morgan fingerprint density at radius 3 is 2.61 bits per heavy atom. The highest BCUT2D eigenvalue weighted by Gasteiger charge is 2.37. The van der Waals surface area contributed by atoms with Crippen LogP contribution in [0.3, 0.4) is 0 Å². The van der Waals surface area contributed by atoms with Crippen molar-refractivity contribution in [2.24, 2.45) is 10.9 Å². The summed E-state index contributed by atoms with van der Waals surface area (Å²) in [6.07, 6.45) is 7.81. The third-order valence-corrected chi connectivity index (χ3v) is 5.84. The first-order chi connectivity index (χ1) is 13.6. The molecular weight excluding hydrogens is 354 g/mol. The Bertz CT molecular complexity index is 944. The number of aromatic nitrogens is 1. The molecule has 6 heteroatoms. The molecule has 1 aliphatic carbocycles. The number of carbonyl (C=O) groups is 2. The van der Waals surface area contributed by atoms with E-state index in [1.807, 2.05) is 24.3 Å². The average Bonchev–Trinajstić information content (AvgIpc) is 3.05. The zero-order chi connectivity index (χ0) is 19.5. The van der Waals surface area contributed by atoms with Crippen LogP contribution in [-0.4, -0.2) is 32.7 Å². The van der Waals surface area contributed by atoms with Crippen LogP contribution >= 0.6 is 0 Å². The van der Waals surface area contributed by atoms with Crippen LogP contribution in [0.25, 0.3) is 0 Å². The maximum Gasteiger partial charge on any atom is 0.270 e. The number of pyridine rings is 1. The van der Waals surface area contributed by atoms with E-state index in [1.54, 1.807) is 23.1 Å². The lowest BCUT2D eigenvalue weighted by atomic mass is 9.84. The summed E-state index contributed by atoms with van der Waals surface area (Å²) in [6.45, 7) is 0.432. The second kappa shape index (κ2) is 8.00. The molecule has 0 bridgehead atoms. The van der Waals surface area contributed by atoms with Crippen LogP contribution in [0.5, 0.6) is 0 Å². The SMILES string of the molecule is O=C(N=c1ccccn1O)C(CC1CCCCC1)N1Cc2ccccc2C1=O. The zero-order valence-corrected chi connectivity index (χ0v) is 15.8. The van der Waals surface area contributed by atoms with Gasteiger partial charge in [0.05, 0.1) is 0 Å². The van der Waals surface area contributed by atoms with Crippen LogP contribution < -0.4 is 5.49 Å². The molecule has 1 aromatic heterocycles. The number of carbonyl (C=O) groups excluding carboxylic acids is 2. The lowest BCUT2D eigenvalue weighted by Gasteiger charge is -2.30. The highest BCUT2D eigenvalue weighted by atomic mass is 16.5. The van der Waals surface area contributed by atoms with Crippen molar-refractivity contribution in [3.05, 3.63) is 65.3 Å². The fourth-order valence-electron chi connectivity index (χ4n) is 4.33. The van der Waals surface area contributed by atoms with Gasteiger partial charge in [0.25, 0.3) is 11.8 Å². The number of hydrogen-bond donors (Lipinski definition) is 1. The van der Waals surface area contributed by atoms with E-state index in [2.05, 4.69) is 4.99 Å². The average molecular weight is 379 g/mol. The smallest absolute Gasteiger partial charge is 0.270 e. The third-order valence-electron chi connectivity index (χ3n) is 5.84. The molecule has 146 valence electrons. The minimum atomic E-state index is -0.608. The van der Waals surface area contributed by atoms with Gasteiger partial charge >= 0.3 is 0 Å². The topological polar surface area (TPSA) is 74.9 Å². The monoisotopic (exact) mass is 379 g/mol. The highest BCUT2D eigenvalue weighted by Crippen LogP contribution is 2.32. The first-order valence-electron chi connectivity index (χ1n) is 9.98. The first-order valence-corrected chi connectivity index (χ1v) is 9.98. The molecule has 1 aliphatic heterocycles. The lowest BCUT2D eigenvalue weighted by molar-refractivity contribution is -0.123. The second-order valence-electron chi connectivity index (χ2n) is 7.70. The third kappa shape index (κ3) is 3.72. The Labute approximate surface area is 164 Å². The van der Waals surface area contributed by atoms with Gasteiger partial charge in [0.1, 0.15) is 6.04 Å². The Hall–Kier alpha value is -2.89. The maximum absolute atomic E-state index is 13.1. The van der Waals surface area contributed by atoms with E-state index < -0.39 is 6.04 Å². The molecular formula is C22H25N3O3. The summed E-state index contributed by atoms with van der Waals surface area (Å²) in [4.78, 5) is 31.9.